The minimum atomic E-state index is 0.0262. The summed E-state index contributed by atoms with van der Waals surface area (Å²) in [6.45, 7) is 9.19. The molecule has 3 aromatic rings. The molecule has 5 heteroatoms. The van der Waals surface area contributed by atoms with Crippen LogP contribution < -0.4 is 15.4 Å². The van der Waals surface area contributed by atoms with Crippen molar-refractivity contribution in [2.75, 3.05) is 17.7 Å². The van der Waals surface area contributed by atoms with E-state index in [2.05, 4.69) is 59.6 Å². The molecule has 5 nitrogen and oxygen atoms in total. The van der Waals surface area contributed by atoms with Gasteiger partial charge in [-0.3, -0.25) is 0 Å². The lowest BCUT2D eigenvalue weighted by molar-refractivity contribution is 0.410. The molecule has 146 valence electrons. The molecule has 2 aromatic carbocycles. The van der Waals surface area contributed by atoms with Crippen LogP contribution in [0.2, 0.25) is 0 Å². The summed E-state index contributed by atoms with van der Waals surface area (Å²) in [7, 11) is 1.68. The van der Waals surface area contributed by atoms with Crippen LogP contribution in [0.4, 0.5) is 17.5 Å². The van der Waals surface area contributed by atoms with Crippen LogP contribution in [0.3, 0.4) is 0 Å². The lowest BCUT2D eigenvalue weighted by Crippen LogP contribution is -2.14. The summed E-state index contributed by atoms with van der Waals surface area (Å²) < 4.78 is 5.42. The monoisotopic (exact) mass is 376 g/mol. The second-order valence-corrected chi connectivity index (χ2v) is 7.80. The maximum atomic E-state index is 5.42. The topological polar surface area (TPSA) is 59.1 Å². The number of benzene rings is 2. The molecule has 0 unspecified atom stereocenters. The van der Waals surface area contributed by atoms with Crippen molar-refractivity contribution < 1.29 is 4.74 Å². The Bertz CT molecular complexity index is 947. The Kier molecular flexibility index (Phi) is 5.83. The molecule has 0 spiro atoms. The molecule has 3 rings (SSSR count). The zero-order valence-corrected chi connectivity index (χ0v) is 17.2. The minimum Gasteiger partial charge on any atom is -0.496 e. The van der Waals surface area contributed by atoms with Crippen LogP contribution in [-0.4, -0.2) is 17.1 Å². The lowest BCUT2D eigenvalue weighted by Gasteiger charge is -2.23. The van der Waals surface area contributed by atoms with Crippen LogP contribution in [0.15, 0.2) is 54.6 Å². The highest BCUT2D eigenvalue weighted by atomic mass is 16.5. The first-order chi connectivity index (χ1) is 13.4. The van der Waals surface area contributed by atoms with Gasteiger partial charge in [0.05, 0.1) is 7.11 Å². The van der Waals surface area contributed by atoms with Gasteiger partial charge in [-0.25, -0.2) is 4.98 Å². The molecule has 0 aliphatic heterocycles. The Morgan fingerprint density at radius 1 is 0.964 bits per heavy atom. The van der Waals surface area contributed by atoms with E-state index in [0.29, 0.717) is 12.5 Å². The quantitative estimate of drug-likeness (QED) is 0.599. The molecule has 28 heavy (non-hydrogen) atoms. The SMILES string of the molecule is COc1ccccc1CNc1cc(C)nc(Nc2ccccc2C(C)(C)C)n1. The molecule has 0 atom stereocenters. The maximum Gasteiger partial charge on any atom is 0.229 e. The Hall–Kier alpha value is -3.08. The number of anilines is 3. The molecule has 0 saturated heterocycles. The van der Waals surface area contributed by atoms with E-state index in [1.807, 2.05) is 43.3 Å². The fraction of sp³-hybridized carbons (Fsp3) is 0.304. The van der Waals surface area contributed by atoms with Crippen molar-refractivity contribution in [3.8, 4) is 5.75 Å². The van der Waals surface area contributed by atoms with Gasteiger partial charge in [-0.2, -0.15) is 4.98 Å². The summed E-state index contributed by atoms with van der Waals surface area (Å²) in [6, 6.07) is 18.2. The van der Waals surface area contributed by atoms with Gasteiger partial charge < -0.3 is 15.4 Å². The summed E-state index contributed by atoms with van der Waals surface area (Å²) in [5, 5.41) is 6.77. The number of para-hydroxylation sites is 2. The lowest BCUT2D eigenvalue weighted by atomic mass is 9.86. The van der Waals surface area contributed by atoms with Crippen LogP contribution in [0.25, 0.3) is 0 Å². The van der Waals surface area contributed by atoms with Gasteiger partial charge in [0.15, 0.2) is 0 Å². The molecule has 0 saturated carbocycles. The molecule has 0 aliphatic carbocycles. The average molecular weight is 377 g/mol. The summed E-state index contributed by atoms with van der Waals surface area (Å²) in [6.07, 6.45) is 0. The van der Waals surface area contributed by atoms with Crippen LogP contribution in [0, 0.1) is 6.92 Å². The van der Waals surface area contributed by atoms with E-state index in [-0.39, 0.29) is 5.41 Å². The third-order valence-corrected chi connectivity index (χ3v) is 4.49. The number of hydrogen-bond donors (Lipinski definition) is 2. The van der Waals surface area contributed by atoms with Gasteiger partial charge in [-0.05, 0) is 30.0 Å². The number of rotatable bonds is 6. The highest BCUT2D eigenvalue weighted by molar-refractivity contribution is 5.61. The van der Waals surface area contributed by atoms with Gasteiger partial charge in [-0.1, -0.05) is 57.2 Å². The largest absolute Gasteiger partial charge is 0.496 e. The van der Waals surface area contributed by atoms with Crippen LogP contribution in [0.1, 0.15) is 37.6 Å². The first kappa shape index (κ1) is 19.7. The van der Waals surface area contributed by atoms with E-state index in [1.165, 1.54) is 5.56 Å². The standard InChI is InChI=1S/C23H28N4O/c1-16-14-21(24-15-17-10-6-9-13-20(17)28-5)27-22(25-16)26-19-12-8-7-11-18(19)23(2,3)4/h6-14H,15H2,1-5H3,(H2,24,25,26,27). The summed E-state index contributed by atoms with van der Waals surface area (Å²) in [4.78, 5) is 9.20. The Morgan fingerprint density at radius 2 is 1.68 bits per heavy atom. The zero-order valence-electron chi connectivity index (χ0n) is 17.2. The van der Waals surface area contributed by atoms with Gasteiger partial charge in [0.1, 0.15) is 11.6 Å². The van der Waals surface area contributed by atoms with Crippen LogP contribution >= 0.6 is 0 Å². The van der Waals surface area contributed by atoms with Gasteiger partial charge in [0.2, 0.25) is 5.95 Å². The van der Waals surface area contributed by atoms with E-state index < -0.39 is 0 Å². The Balaban J connectivity index is 1.81. The molecular formula is C23H28N4O. The number of methoxy groups -OCH3 is 1. The zero-order chi connectivity index (χ0) is 20.1. The summed E-state index contributed by atoms with van der Waals surface area (Å²) in [5.74, 6) is 2.21. The van der Waals surface area contributed by atoms with E-state index in [4.69, 9.17) is 4.74 Å². The number of ether oxygens (including phenoxy) is 1. The second kappa shape index (κ2) is 8.30. The fourth-order valence-corrected chi connectivity index (χ4v) is 3.12. The van der Waals surface area contributed by atoms with E-state index >= 15 is 0 Å². The van der Waals surface area contributed by atoms with Crippen molar-refractivity contribution in [2.45, 2.75) is 39.7 Å². The molecule has 2 N–H and O–H groups in total. The average Bonchev–Trinajstić information content (AvgIpc) is 2.66. The molecule has 0 amide bonds. The second-order valence-electron chi connectivity index (χ2n) is 7.80. The summed E-state index contributed by atoms with van der Waals surface area (Å²) in [5.41, 5.74) is 4.25. The molecule has 0 radical (unpaired) electrons. The highest BCUT2D eigenvalue weighted by Gasteiger charge is 2.18. The molecule has 1 aromatic heterocycles. The van der Waals surface area contributed by atoms with Crippen LogP contribution in [-0.2, 0) is 12.0 Å². The van der Waals surface area contributed by atoms with Crippen molar-refractivity contribution in [1.82, 2.24) is 9.97 Å². The minimum absolute atomic E-state index is 0.0262. The Labute approximate surface area is 167 Å². The van der Waals surface area contributed by atoms with Crippen LogP contribution in [0.5, 0.6) is 5.75 Å². The number of nitrogens with one attached hydrogen (secondary N) is 2. The van der Waals surface area contributed by atoms with Crippen molar-refractivity contribution in [3.63, 3.8) is 0 Å². The van der Waals surface area contributed by atoms with E-state index in [9.17, 15) is 0 Å². The fourth-order valence-electron chi connectivity index (χ4n) is 3.12. The van der Waals surface area contributed by atoms with Gasteiger partial charge in [0.25, 0.3) is 0 Å². The van der Waals surface area contributed by atoms with Crippen molar-refractivity contribution >= 4 is 17.5 Å². The smallest absolute Gasteiger partial charge is 0.229 e. The molecule has 0 fully saturated rings. The highest BCUT2D eigenvalue weighted by Crippen LogP contribution is 2.30. The Morgan fingerprint density at radius 3 is 2.43 bits per heavy atom. The van der Waals surface area contributed by atoms with Crippen molar-refractivity contribution in [3.05, 3.63) is 71.4 Å². The number of nitrogens with zero attached hydrogens (tertiary/aromatic N) is 2. The molecule has 0 bridgehead atoms. The number of aromatic nitrogens is 2. The van der Waals surface area contributed by atoms with E-state index in [1.54, 1.807) is 7.11 Å². The molecule has 1 heterocycles. The molecule has 0 aliphatic rings. The van der Waals surface area contributed by atoms with Crippen molar-refractivity contribution in [1.29, 1.82) is 0 Å². The first-order valence-corrected chi connectivity index (χ1v) is 9.45. The third-order valence-electron chi connectivity index (χ3n) is 4.49. The van der Waals surface area contributed by atoms with Crippen molar-refractivity contribution in [2.24, 2.45) is 0 Å². The first-order valence-electron chi connectivity index (χ1n) is 9.45. The van der Waals surface area contributed by atoms with Gasteiger partial charge >= 0.3 is 0 Å². The van der Waals surface area contributed by atoms with Gasteiger partial charge in [0, 0.05) is 29.6 Å². The summed E-state index contributed by atoms with van der Waals surface area (Å²) >= 11 is 0. The predicted molar refractivity (Wildman–Crippen MR) is 116 cm³/mol. The van der Waals surface area contributed by atoms with E-state index in [0.717, 1.165) is 28.5 Å². The number of aryl methyl sites for hydroxylation is 1. The molecular weight excluding hydrogens is 348 g/mol. The third kappa shape index (κ3) is 4.80. The van der Waals surface area contributed by atoms with Gasteiger partial charge in [-0.15, -0.1) is 0 Å². The predicted octanol–water partition coefficient (Wildman–Crippen LogP) is 5.45. The number of hydrogen-bond acceptors (Lipinski definition) is 5. The maximum absolute atomic E-state index is 5.42. The normalized spacial score (nSPS) is 11.2.